The molecule has 3 rings (SSSR count). The average Bonchev–Trinajstić information content (AvgIpc) is 3.05. The molecule has 0 aliphatic rings. The van der Waals surface area contributed by atoms with Crippen molar-refractivity contribution in [2.75, 3.05) is 5.32 Å². The number of nitrogens with one attached hydrogen (secondary N) is 2. The first-order chi connectivity index (χ1) is 13.1. The number of thiocarbonyl (C=S) groups is 1. The van der Waals surface area contributed by atoms with Crippen molar-refractivity contribution in [3.63, 3.8) is 0 Å². The van der Waals surface area contributed by atoms with Crippen molar-refractivity contribution in [3.8, 4) is 11.5 Å². The summed E-state index contributed by atoms with van der Waals surface area (Å²) in [7, 11) is 0. The number of aromatic nitrogens is 1. The van der Waals surface area contributed by atoms with Gasteiger partial charge in [0.1, 0.15) is 5.52 Å². The molecule has 0 spiro atoms. The number of fused-ring (bicyclic) bond motifs is 1. The van der Waals surface area contributed by atoms with Crippen LogP contribution in [0.5, 0.6) is 0 Å². The van der Waals surface area contributed by atoms with Crippen LogP contribution >= 0.6 is 23.8 Å². The maximum absolute atomic E-state index is 11.8. The molecule has 27 heavy (non-hydrogen) atoms. The fourth-order valence-electron chi connectivity index (χ4n) is 2.64. The number of halogens is 1. The maximum Gasteiger partial charge on any atom is 0.228 e. The molecule has 7 heteroatoms. The molecule has 0 aliphatic carbocycles. The van der Waals surface area contributed by atoms with Crippen LogP contribution in [-0.4, -0.2) is 16.0 Å². The summed E-state index contributed by atoms with van der Waals surface area (Å²) in [5.74, 6) is 0.379. The molecule has 140 valence electrons. The van der Waals surface area contributed by atoms with Crippen molar-refractivity contribution in [2.24, 2.45) is 0 Å². The molecule has 0 aliphatic heterocycles. The van der Waals surface area contributed by atoms with Gasteiger partial charge in [-0.2, -0.15) is 0 Å². The Morgan fingerprint density at radius 1 is 1.22 bits per heavy atom. The van der Waals surface area contributed by atoms with Crippen molar-refractivity contribution in [1.82, 2.24) is 10.3 Å². The van der Waals surface area contributed by atoms with Gasteiger partial charge in [0, 0.05) is 12.1 Å². The minimum Gasteiger partial charge on any atom is -0.436 e. The standard InChI is InChI=1S/C20H20ClN3O2S/c1-2-3-4-9-18(25)24-20(27)22-13-10-11-17-16(12-13)23-19(26-17)14-7-5-6-8-15(14)21/h5-8,10-12H,2-4,9H2,1H3,(H2,22,24,25,27). The third kappa shape index (κ3) is 5.05. The lowest BCUT2D eigenvalue weighted by molar-refractivity contribution is -0.119. The zero-order valence-electron chi connectivity index (χ0n) is 14.9. The lowest BCUT2D eigenvalue weighted by atomic mass is 10.2. The Bertz CT molecular complexity index is 971. The molecule has 0 fully saturated rings. The van der Waals surface area contributed by atoms with Gasteiger partial charge in [-0.25, -0.2) is 4.98 Å². The zero-order valence-corrected chi connectivity index (χ0v) is 16.5. The Hall–Kier alpha value is -2.44. The quantitative estimate of drug-likeness (QED) is 0.419. The van der Waals surface area contributed by atoms with Gasteiger partial charge >= 0.3 is 0 Å². The smallest absolute Gasteiger partial charge is 0.228 e. The van der Waals surface area contributed by atoms with Gasteiger partial charge in [-0.3, -0.25) is 4.79 Å². The summed E-state index contributed by atoms with van der Waals surface area (Å²) in [5, 5.41) is 6.55. The summed E-state index contributed by atoms with van der Waals surface area (Å²) in [6.45, 7) is 2.10. The third-order valence-corrected chi connectivity index (χ3v) is 4.54. The van der Waals surface area contributed by atoms with E-state index in [4.69, 9.17) is 28.2 Å². The number of oxazole rings is 1. The van der Waals surface area contributed by atoms with Crippen molar-refractivity contribution >= 4 is 51.6 Å². The van der Waals surface area contributed by atoms with E-state index in [9.17, 15) is 4.79 Å². The molecule has 0 atom stereocenters. The zero-order chi connectivity index (χ0) is 19.2. The molecule has 0 saturated heterocycles. The summed E-state index contributed by atoms with van der Waals surface area (Å²) >= 11 is 11.4. The number of carbonyl (C=O) groups excluding carboxylic acids is 1. The van der Waals surface area contributed by atoms with Crippen LogP contribution in [0.15, 0.2) is 46.9 Å². The molecule has 1 aromatic heterocycles. The van der Waals surface area contributed by atoms with E-state index in [0.29, 0.717) is 28.4 Å². The Balaban J connectivity index is 1.69. The summed E-state index contributed by atoms with van der Waals surface area (Å²) in [6, 6.07) is 12.8. The average molecular weight is 402 g/mol. The van der Waals surface area contributed by atoms with E-state index in [1.54, 1.807) is 12.1 Å². The number of rotatable bonds is 6. The van der Waals surface area contributed by atoms with Crippen molar-refractivity contribution in [1.29, 1.82) is 0 Å². The van der Waals surface area contributed by atoms with Crippen LogP contribution < -0.4 is 10.6 Å². The van der Waals surface area contributed by atoms with Gasteiger partial charge in [-0.05, 0) is 49.0 Å². The van der Waals surface area contributed by atoms with Gasteiger partial charge in [0.05, 0.1) is 10.6 Å². The second-order valence-corrected chi connectivity index (χ2v) is 6.96. The molecule has 3 aromatic rings. The number of benzene rings is 2. The fraction of sp³-hybridized carbons (Fsp3) is 0.250. The topological polar surface area (TPSA) is 67.2 Å². The lowest BCUT2D eigenvalue weighted by Crippen LogP contribution is -2.33. The number of unbranched alkanes of at least 4 members (excludes halogenated alkanes) is 2. The monoisotopic (exact) mass is 401 g/mol. The highest BCUT2D eigenvalue weighted by molar-refractivity contribution is 7.80. The van der Waals surface area contributed by atoms with Gasteiger partial charge in [-0.15, -0.1) is 0 Å². The predicted molar refractivity (Wildman–Crippen MR) is 113 cm³/mol. The number of hydrogen-bond donors (Lipinski definition) is 2. The number of hydrogen-bond acceptors (Lipinski definition) is 4. The molecule has 1 amide bonds. The van der Waals surface area contributed by atoms with E-state index >= 15 is 0 Å². The minimum atomic E-state index is -0.0792. The third-order valence-electron chi connectivity index (χ3n) is 4.01. The number of carbonyl (C=O) groups is 1. The van der Waals surface area contributed by atoms with Gasteiger partial charge in [-0.1, -0.05) is 43.5 Å². The lowest BCUT2D eigenvalue weighted by Gasteiger charge is -2.09. The van der Waals surface area contributed by atoms with E-state index in [1.165, 1.54) is 0 Å². The van der Waals surface area contributed by atoms with Crippen LogP contribution in [0.25, 0.3) is 22.6 Å². The molecule has 0 bridgehead atoms. The van der Waals surface area contributed by atoms with Crippen molar-refractivity contribution in [2.45, 2.75) is 32.6 Å². The number of amides is 1. The van der Waals surface area contributed by atoms with E-state index in [-0.39, 0.29) is 11.0 Å². The van der Waals surface area contributed by atoms with Crippen LogP contribution in [0.4, 0.5) is 5.69 Å². The largest absolute Gasteiger partial charge is 0.436 e. The molecule has 0 saturated carbocycles. The van der Waals surface area contributed by atoms with Crippen molar-refractivity contribution in [3.05, 3.63) is 47.5 Å². The maximum atomic E-state index is 11.8. The highest BCUT2D eigenvalue weighted by Crippen LogP contribution is 2.30. The Morgan fingerprint density at radius 2 is 2.04 bits per heavy atom. The normalized spacial score (nSPS) is 10.7. The predicted octanol–water partition coefficient (Wildman–Crippen LogP) is 5.54. The summed E-state index contributed by atoms with van der Waals surface area (Å²) in [5.41, 5.74) is 2.78. The molecule has 2 N–H and O–H groups in total. The molecule has 1 heterocycles. The van der Waals surface area contributed by atoms with E-state index in [1.807, 2.05) is 30.3 Å². The molecule has 0 radical (unpaired) electrons. The van der Waals surface area contributed by atoms with Crippen LogP contribution in [0.1, 0.15) is 32.6 Å². The molecule has 0 unspecified atom stereocenters. The van der Waals surface area contributed by atoms with Crippen LogP contribution in [0, 0.1) is 0 Å². The summed E-state index contributed by atoms with van der Waals surface area (Å²) < 4.78 is 5.79. The summed E-state index contributed by atoms with van der Waals surface area (Å²) in [4.78, 5) is 16.3. The van der Waals surface area contributed by atoms with Gasteiger partial charge < -0.3 is 15.1 Å². The van der Waals surface area contributed by atoms with E-state index < -0.39 is 0 Å². The van der Waals surface area contributed by atoms with Gasteiger partial charge in [0.2, 0.25) is 11.8 Å². The Morgan fingerprint density at radius 3 is 2.81 bits per heavy atom. The van der Waals surface area contributed by atoms with Crippen LogP contribution in [0.3, 0.4) is 0 Å². The molecular weight excluding hydrogens is 382 g/mol. The first-order valence-corrected chi connectivity index (χ1v) is 9.61. The Labute approximate surface area is 168 Å². The second-order valence-electron chi connectivity index (χ2n) is 6.14. The van der Waals surface area contributed by atoms with Crippen molar-refractivity contribution < 1.29 is 9.21 Å². The minimum absolute atomic E-state index is 0.0792. The van der Waals surface area contributed by atoms with Gasteiger partial charge in [0.25, 0.3) is 0 Å². The Kier molecular flexibility index (Phi) is 6.42. The second kappa shape index (κ2) is 8.97. The number of anilines is 1. The summed E-state index contributed by atoms with van der Waals surface area (Å²) in [6.07, 6.45) is 3.44. The highest BCUT2D eigenvalue weighted by atomic mass is 35.5. The first kappa shape index (κ1) is 19.3. The molecule has 5 nitrogen and oxygen atoms in total. The van der Waals surface area contributed by atoms with Crippen LogP contribution in [-0.2, 0) is 4.79 Å². The SMILES string of the molecule is CCCCCC(=O)NC(=S)Nc1ccc2oc(-c3ccccc3Cl)nc2c1. The van der Waals surface area contributed by atoms with E-state index in [2.05, 4.69) is 22.5 Å². The van der Waals surface area contributed by atoms with E-state index in [0.717, 1.165) is 30.5 Å². The first-order valence-electron chi connectivity index (χ1n) is 8.83. The van der Waals surface area contributed by atoms with Crippen LogP contribution in [0.2, 0.25) is 5.02 Å². The molecular formula is C20H20ClN3O2S. The number of nitrogens with zero attached hydrogens (tertiary/aromatic N) is 1. The fourth-order valence-corrected chi connectivity index (χ4v) is 3.09. The molecule has 2 aromatic carbocycles. The highest BCUT2D eigenvalue weighted by Gasteiger charge is 2.12. The van der Waals surface area contributed by atoms with Gasteiger partial charge in [0.15, 0.2) is 10.7 Å².